The van der Waals surface area contributed by atoms with E-state index in [0.29, 0.717) is 6.42 Å². The zero-order valence-electron chi connectivity index (χ0n) is 9.61. The minimum Gasteiger partial charge on any atom is -0.481 e. The fourth-order valence-electron chi connectivity index (χ4n) is 2.11. The van der Waals surface area contributed by atoms with Crippen molar-refractivity contribution in [2.45, 2.75) is 26.3 Å². The number of halogens is 1. The molecule has 2 rings (SSSR count). The quantitative estimate of drug-likeness (QED) is 0.939. The van der Waals surface area contributed by atoms with Crippen molar-refractivity contribution >= 4 is 32.8 Å². The smallest absolute Gasteiger partial charge is 0.303 e. The summed E-state index contributed by atoms with van der Waals surface area (Å²) in [6.45, 7) is 2.94. The van der Waals surface area contributed by atoms with Crippen LogP contribution in [-0.4, -0.2) is 15.6 Å². The molecule has 0 bridgehead atoms. The Morgan fingerprint density at radius 3 is 2.82 bits per heavy atom. The van der Waals surface area contributed by atoms with Gasteiger partial charge in [0.1, 0.15) is 0 Å². The molecule has 90 valence electrons. The summed E-state index contributed by atoms with van der Waals surface area (Å²) in [7, 11) is 0. The van der Waals surface area contributed by atoms with E-state index in [1.165, 1.54) is 0 Å². The van der Waals surface area contributed by atoms with Gasteiger partial charge in [0.15, 0.2) is 0 Å². The summed E-state index contributed by atoms with van der Waals surface area (Å²) < 4.78 is 3.22. The van der Waals surface area contributed by atoms with Crippen LogP contribution in [-0.2, 0) is 17.8 Å². The second kappa shape index (κ2) is 4.92. The molecule has 0 saturated heterocycles. The standard InChI is InChI=1S/C13H14BrNO2/c1-2-15-11(4-6-13(16)17)8-9-7-10(14)3-5-12(9)15/h3,5,7-8H,2,4,6H2,1H3,(H,16,17). The summed E-state index contributed by atoms with van der Waals surface area (Å²) in [6.07, 6.45) is 0.757. The maximum absolute atomic E-state index is 10.6. The molecular formula is C13H14BrNO2. The number of fused-ring (bicyclic) bond motifs is 1. The molecule has 2 aromatic rings. The summed E-state index contributed by atoms with van der Waals surface area (Å²) in [6, 6.07) is 8.21. The molecule has 4 heteroatoms. The topological polar surface area (TPSA) is 42.2 Å². The highest BCUT2D eigenvalue weighted by Crippen LogP contribution is 2.24. The molecular weight excluding hydrogens is 282 g/mol. The maximum atomic E-state index is 10.6. The number of aryl methyl sites for hydroxylation is 2. The van der Waals surface area contributed by atoms with Gasteiger partial charge in [0, 0.05) is 27.6 Å². The van der Waals surface area contributed by atoms with Gasteiger partial charge in [-0.1, -0.05) is 15.9 Å². The molecule has 0 amide bonds. The van der Waals surface area contributed by atoms with Crippen LogP contribution in [0.3, 0.4) is 0 Å². The lowest BCUT2D eigenvalue weighted by molar-refractivity contribution is -0.136. The van der Waals surface area contributed by atoms with Gasteiger partial charge < -0.3 is 9.67 Å². The third-order valence-electron chi connectivity index (χ3n) is 2.86. The average molecular weight is 296 g/mol. The molecule has 3 nitrogen and oxygen atoms in total. The van der Waals surface area contributed by atoms with Gasteiger partial charge in [-0.05, 0) is 37.6 Å². The van der Waals surface area contributed by atoms with Crippen LogP contribution in [0.2, 0.25) is 0 Å². The summed E-state index contributed by atoms with van der Waals surface area (Å²) in [5, 5.41) is 9.89. The Bertz CT molecular complexity index is 560. The van der Waals surface area contributed by atoms with Crippen molar-refractivity contribution in [2.24, 2.45) is 0 Å². The number of carboxylic acid groups (broad SMARTS) is 1. The lowest BCUT2D eigenvalue weighted by atomic mass is 10.2. The van der Waals surface area contributed by atoms with Crippen molar-refractivity contribution < 1.29 is 9.90 Å². The molecule has 0 atom stereocenters. The summed E-state index contributed by atoms with van der Waals surface area (Å²) in [5.41, 5.74) is 2.25. The van der Waals surface area contributed by atoms with Crippen LogP contribution in [0.25, 0.3) is 10.9 Å². The van der Waals surface area contributed by atoms with E-state index in [-0.39, 0.29) is 6.42 Å². The number of carboxylic acids is 1. The average Bonchev–Trinajstić information content (AvgIpc) is 2.62. The molecule has 0 aliphatic heterocycles. The number of rotatable bonds is 4. The lowest BCUT2D eigenvalue weighted by Crippen LogP contribution is -2.04. The van der Waals surface area contributed by atoms with Gasteiger partial charge >= 0.3 is 5.97 Å². The van der Waals surface area contributed by atoms with E-state index in [1.807, 2.05) is 6.07 Å². The van der Waals surface area contributed by atoms with Gasteiger partial charge in [-0.3, -0.25) is 4.79 Å². The molecule has 0 radical (unpaired) electrons. The molecule has 0 aliphatic carbocycles. The number of hydrogen-bond donors (Lipinski definition) is 1. The largest absolute Gasteiger partial charge is 0.481 e. The van der Waals surface area contributed by atoms with E-state index in [4.69, 9.17) is 5.11 Å². The SMILES string of the molecule is CCn1c(CCC(=O)O)cc2cc(Br)ccc21. The van der Waals surface area contributed by atoms with Gasteiger partial charge in [0.2, 0.25) is 0 Å². The van der Waals surface area contributed by atoms with Gasteiger partial charge in [-0.15, -0.1) is 0 Å². The zero-order chi connectivity index (χ0) is 12.4. The van der Waals surface area contributed by atoms with Crippen molar-refractivity contribution in [3.8, 4) is 0 Å². The summed E-state index contributed by atoms with van der Waals surface area (Å²) >= 11 is 3.45. The third-order valence-corrected chi connectivity index (χ3v) is 3.35. The molecule has 0 fully saturated rings. The van der Waals surface area contributed by atoms with Crippen molar-refractivity contribution in [1.82, 2.24) is 4.57 Å². The highest BCUT2D eigenvalue weighted by molar-refractivity contribution is 9.10. The molecule has 1 aromatic heterocycles. The number of hydrogen-bond acceptors (Lipinski definition) is 1. The number of carbonyl (C=O) groups is 1. The zero-order valence-corrected chi connectivity index (χ0v) is 11.2. The van der Waals surface area contributed by atoms with Crippen LogP contribution >= 0.6 is 15.9 Å². The normalized spacial score (nSPS) is 10.9. The first-order valence-electron chi connectivity index (χ1n) is 5.61. The Labute approximate surface area is 108 Å². The van der Waals surface area contributed by atoms with Crippen LogP contribution < -0.4 is 0 Å². The van der Waals surface area contributed by atoms with E-state index >= 15 is 0 Å². The van der Waals surface area contributed by atoms with Crippen LogP contribution in [0, 0.1) is 0 Å². The van der Waals surface area contributed by atoms with Gasteiger partial charge in [-0.25, -0.2) is 0 Å². The van der Waals surface area contributed by atoms with Gasteiger partial charge in [0.25, 0.3) is 0 Å². The first kappa shape index (κ1) is 12.2. The van der Waals surface area contributed by atoms with E-state index in [0.717, 1.165) is 27.6 Å². The monoisotopic (exact) mass is 295 g/mol. The molecule has 1 heterocycles. The molecule has 1 N–H and O–H groups in total. The molecule has 1 aromatic carbocycles. The van der Waals surface area contributed by atoms with Crippen molar-refractivity contribution in [3.63, 3.8) is 0 Å². The second-order valence-electron chi connectivity index (χ2n) is 3.98. The van der Waals surface area contributed by atoms with Gasteiger partial charge in [-0.2, -0.15) is 0 Å². The molecule has 0 spiro atoms. The van der Waals surface area contributed by atoms with Crippen LogP contribution in [0.5, 0.6) is 0 Å². The Balaban J connectivity index is 2.44. The number of benzene rings is 1. The highest BCUT2D eigenvalue weighted by Gasteiger charge is 2.09. The molecule has 0 unspecified atom stereocenters. The number of aromatic nitrogens is 1. The van der Waals surface area contributed by atoms with Crippen molar-refractivity contribution in [3.05, 3.63) is 34.4 Å². The van der Waals surface area contributed by atoms with Gasteiger partial charge in [0.05, 0.1) is 6.42 Å². The Morgan fingerprint density at radius 1 is 1.41 bits per heavy atom. The second-order valence-corrected chi connectivity index (χ2v) is 4.89. The van der Waals surface area contributed by atoms with E-state index in [1.54, 1.807) is 0 Å². The fourth-order valence-corrected chi connectivity index (χ4v) is 2.49. The predicted molar refractivity (Wildman–Crippen MR) is 71.3 cm³/mol. The Morgan fingerprint density at radius 2 is 2.18 bits per heavy atom. The van der Waals surface area contributed by atoms with Crippen molar-refractivity contribution in [1.29, 1.82) is 0 Å². The maximum Gasteiger partial charge on any atom is 0.303 e. The number of aliphatic carboxylic acids is 1. The van der Waals surface area contributed by atoms with E-state index < -0.39 is 5.97 Å². The van der Waals surface area contributed by atoms with E-state index in [9.17, 15) is 4.79 Å². The van der Waals surface area contributed by atoms with Crippen LogP contribution in [0.1, 0.15) is 19.0 Å². The first-order chi connectivity index (χ1) is 8.11. The van der Waals surface area contributed by atoms with Crippen LogP contribution in [0.4, 0.5) is 0 Å². The molecule has 0 aliphatic rings. The van der Waals surface area contributed by atoms with Crippen LogP contribution in [0.15, 0.2) is 28.7 Å². The van der Waals surface area contributed by atoms with Crippen molar-refractivity contribution in [2.75, 3.05) is 0 Å². The minimum atomic E-state index is -0.751. The Kier molecular flexibility index (Phi) is 3.52. The lowest BCUT2D eigenvalue weighted by Gasteiger charge is -2.06. The molecule has 17 heavy (non-hydrogen) atoms. The first-order valence-corrected chi connectivity index (χ1v) is 6.40. The summed E-state index contributed by atoms with van der Waals surface area (Å²) in [4.78, 5) is 10.6. The third kappa shape index (κ3) is 2.52. The minimum absolute atomic E-state index is 0.178. The highest BCUT2D eigenvalue weighted by atomic mass is 79.9. The van der Waals surface area contributed by atoms with E-state index in [2.05, 4.69) is 45.6 Å². The predicted octanol–water partition coefficient (Wildman–Crippen LogP) is 3.44. The molecule has 0 saturated carbocycles. The Hall–Kier alpha value is -1.29. The fraction of sp³-hybridized carbons (Fsp3) is 0.308. The number of nitrogens with zero attached hydrogens (tertiary/aromatic N) is 1. The summed E-state index contributed by atoms with van der Waals surface area (Å²) in [5.74, 6) is -0.751.